The van der Waals surface area contributed by atoms with Gasteiger partial charge in [-0.15, -0.1) is 11.3 Å². The quantitative estimate of drug-likeness (QED) is 0.169. The van der Waals surface area contributed by atoms with Crippen LogP contribution >= 0.6 is 11.3 Å². The van der Waals surface area contributed by atoms with E-state index >= 15 is 0 Å². The Kier molecular flexibility index (Phi) is 7.57. The Morgan fingerprint density at radius 2 is 0.929 bits per heavy atom. The molecule has 0 aliphatic carbocycles. The fourth-order valence-corrected chi connectivity index (χ4v) is 8.56. The lowest BCUT2D eigenvalue weighted by atomic mass is 10.0. The van der Waals surface area contributed by atoms with Crippen LogP contribution in [-0.2, 0) is 0 Å². The number of hydrogen-bond donors (Lipinski definition) is 0. The molecule has 4 heterocycles. The maximum Gasteiger partial charge on any atom is 0.164 e. The van der Waals surface area contributed by atoms with Gasteiger partial charge in [0, 0.05) is 43.1 Å². The number of benzene rings is 7. The van der Waals surface area contributed by atoms with E-state index in [0.29, 0.717) is 23.3 Å². The summed E-state index contributed by atoms with van der Waals surface area (Å²) in [6.45, 7) is 0. The van der Waals surface area contributed by atoms with Gasteiger partial charge in [0.15, 0.2) is 23.3 Å². The zero-order chi connectivity index (χ0) is 37.0. The molecule has 0 spiro atoms. The van der Waals surface area contributed by atoms with Crippen molar-refractivity contribution in [3.63, 3.8) is 0 Å². The van der Waals surface area contributed by atoms with Crippen LogP contribution in [0.1, 0.15) is 0 Å². The molecule has 56 heavy (non-hydrogen) atoms. The first kappa shape index (κ1) is 32.1. The highest BCUT2D eigenvalue weighted by atomic mass is 32.1. The molecule has 6 nitrogen and oxygen atoms in total. The first-order chi connectivity index (χ1) is 27.7. The van der Waals surface area contributed by atoms with Crippen molar-refractivity contribution in [1.29, 1.82) is 0 Å². The van der Waals surface area contributed by atoms with Crippen molar-refractivity contribution in [3.8, 4) is 67.9 Å². The Hall–Kier alpha value is -7.35. The van der Waals surface area contributed by atoms with Crippen LogP contribution in [-0.4, -0.2) is 24.9 Å². The van der Waals surface area contributed by atoms with Crippen molar-refractivity contribution in [2.24, 2.45) is 0 Å². The van der Waals surface area contributed by atoms with Crippen LogP contribution in [0.4, 0.5) is 0 Å². The van der Waals surface area contributed by atoms with Crippen LogP contribution < -0.4 is 0 Å². The highest BCUT2D eigenvalue weighted by Gasteiger charge is 2.21. The summed E-state index contributed by atoms with van der Waals surface area (Å²) >= 11 is 1.73. The Morgan fingerprint density at radius 3 is 1.62 bits per heavy atom. The molecule has 7 heteroatoms. The number of fused-ring (bicyclic) bond motifs is 6. The molecular formula is C49H29N5OS. The second-order valence-corrected chi connectivity index (χ2v) is 14.7. The normalized spacial score (nSPS) is 11.6. The second-order valence-electron chi connectivity index (χ2n) is 13.6. The Labute approximate surface area is 325 Å². The molecule has 0 aliphatic rings. The van der Waals surface area contributed by atoms with Gasteiger partial charge in [0.25, 0.3) is 0 Å². The van der Waals surface area contributed by atoms with Crippen LogP contribution in [0.2, 0.25) is 0 Å². The van der Waals surface area contributed by atoms with E-state index in [-0.39, 0.29) is 0 Å². The summed E-state index contributed by atoms with van der Waals surface area (Å²) in [4.78, 5) is 25.3. The summed E-state index contributed by atoms with van der Waals surface area (Å²) in [5.41, 5.74) is 10.2. The molecule has 0 saturated carbocycles. The minimum absolute atomic E-state index is 0.571. The third-order valence-corrected chi connectivity index (χ3v) is 11.3. The first-order valence-electron chi connectivity index (χ1n) is 18.4. The van der Waals surface area contributed by atoms with Crippen molar-refractivity contribution in [3.05, 3.63) is 176 Å². The molecule has 0 saturated heterocycles. The van der Waals surface area contributed by atoms with Crippen LogP contribution in [0.3, 0.4) is 0 Å². The summed E-state index contributed by atoms with van der Waals surface area (Å²) in [5.74, 6) is 2.41. The molecule has 262 valence electrons. The molecule has 11 rings (SSSR count). The fourth-order valence-electron chi connectivity index (χ4n) is 7.41. The average Bonchev–Trinajstić information content (AvgIpc) is 3.85. The lowest BCUT2D eigenvalue weighted by Gasteiger charge is -2.09. The summed E-state index contributed by atoms with van der Waals surface area (Å²) in [6.07, 6.45) is 0. The van der Waals surface area contributed by atoms with E-state index in [4.69, 9.17) is 29.3 Å². The smallest absolute Gasteiger partial charge is 0.164 e. The molecule has 11 aromatic rings. The van der Waals surface area contributed by atoms with Gasteiger partial charge in [-0.2, -0.15) is 0 Å². The largest absolute Gasteiger partial charge is 0.455 e. The minimum atomic E-state index is 0.571. The zero-order valence-electron chi connectivity index (χ0n) is 29.8. The van der Waals surface area contributed by atoms with E-state index in [0.717, 1.165) is 76.6 Å². The molecule has 0 aliphatic heterocycles. The highest BCUT2D eigenvalue weighted by molar-refractivity contribution is 7.26. The van der Waals surface area contributed by atoms with Crippen molar-refractivity contribution in [2.45, 2.75) is 0 Å². The second kappa shape index (κ2) is 13.2. The van der Waals surface area contributed by atoms with Gasteiger partial charge in [-0.05, 0) is 35.4 Å². The molecule has 0 amide bonds. The SMILES string of the molecule is c1ccc(-c2ccc(-c3nc(-c4cccc5c4oc4cc(-c6nc(-c7ccccc7)nc(-c7ccccc7)n6)ccc45)nc4c3sc3ccccc34)cc2)cc1. The Balaban J connectivity index is 1.06. The third kappa shape index (κ3) is 5.52. The number of nitrogens with zero attached hydrogens (tertiary/aromatic N) is 5. The summed E-state index contributed by atoms with van der Waals surface area (Å²) in [7, 11) is 0. The van der Waals surface area contributed by atoms with Gasteiger partial charge in [0.2, 0.25) is 0 Å². The van der Waals surface area contributed by atoms with E-state index in [1.165, 1.54) is 10.3 Å². The number of rotatable bonds is 6. The maximum atomic E-state index is 6.77. The lowest BCUT2D eigenvalue weighted by Crippen LogP contribution is -2.00. The van der Waals surface area contributed by atoms with Crippen LogP contribution in [0.15, 0.2) is 180 Å². The molecule has 0 radical (unpaired) electrons. The van der Waals surface area contributed by atoms with Crippen molar-refractivity contribution in [2.75, 3.05) is 0 Å². The van der Waals surface area contributed by atoms with Crippen LogP contribution in [0, 0.1) is 0 Å². The van der Waals surface area contributed by atoms with Gasteiger partial charge < -0.3 is 4.42 Å². The molecule has 0 N–H and O–H groups in total. The van der Waals surface area contributed by atoms with E-state index in [9.17, 15) is 0 Å². The van der Waals surface area contributed by atoms with Crippen LogP contribution in [0.25, 0.3) is 110 Å². The molecular weight excluding hydrogens is 707 g/mol. The fraction of sp³-hybridized carbons (Fsp3) is 0. The van der Waals surface area contributed by atoms with Gasteiger partial charge in [0.05, 0.1) is 21.5 Å². The average molecular weight is 736 g/mol. The number of hydrogen-bond acceptors (Lipinski definition) is 7. The zero-order valence-corrected chi connectivity index (χ0v) is 30.6. The molecule has 7 aromatic carbocycles. The van der Waals surface area contributed by atoms with E-state index in [1.807, 2.05) is 78.9 Å². The number of para-hydroxylation sites is 1. The van der Waals surface area contributed by atoms with Crippen molar-refractivity contribution in [1.82, 2.24) is 24.9 Å². The van der Waals surface area contributed by atoms with Gasteiger partial charge in [-0.1, -0.05) is 152 Å². The van der Waals surface area contributed by atoms with Crippen molar-refractivity contribution < 1.29 is 4.42 Å². The van der Waals surface area contributed by atoms with Gasteiger partial charge in [-0.3, -0.25) is 0 Å². The van der Waals surface area contributed by atoms with Gasteiger partial charge >= 0.3 is 0 Å². The first-order valence-corrected chi connectivity index (χ1v) is 19.2. The van der Waals surface area contributed by atoms with Crippen LogP contribution in [0.5, 0.6) is 0 Å². The third-order valence-electron chi connectivity index (χ3n) is 10.2. The van der Waals surface area contributed by atoms with Crippen molar-refractivity contribution >= 4 is 53.6 Å². The monoisotopic (exact) mass is 735 g/mol. The molecule has 0 atom stereocenters. The Bertz CT molecular complexity index is 3180. The maximum absolute atomic E-state index is 6.77. The topological polar surface area (TPSA) is 77.6 Å². The molecule has 4 aromatic heterocycles. The van der Waals surface area contributed by atoms with Gasteiger partial charge in [0.1, 0.15) is 11.2 Å². The molecule has 0 unspecified atom stereocenters. The number of furan rings is 1. The predicted octanol–water partition coefficient (Wildman–Crippen LogP) is 12.9. The standard InChI is InChI=1S/C49H29N5OS/c1-4-13-30(14-5-1)31-23-25-32(26-24-31)42-45-43(38-19-10-11-22-41(38)56-45)51-49(50-42)39-21-12-20-37-36-28-27-35(29-40(36)55-44(37)39)48-53-46(33-15-6-2-7-16-33)52-47(54-48)34-17-8-3-9-18-34/h1-29H. The summed E-state index contributed by atoms with van der Waals surface area (Å²) < 4.78 is 9.01. The van der Waals surface area contributed by atoms with Gasteiger partial charge in [-0.25, -0.2) is 24.9 Å². The lowest BCUT2D eigenvalue weighted by molar-refractivity contribution is 0.669. The molecule has 0 bridgehead atoms. The predicted molar refractivity (Wildman–Crippen MR) is 228 cm³/mol. The summed E-state index contributed by atoms with van der Waals surface area (Å²) in [6, 6.07) is 59.9. The number of aromatic nitrogens is 5. The van der Waals surface area contributed by atoms with E-state index in [2.05, 4.69) is 97.1 Å². The number of thiophene rings is 1. The summed E-state index contributed by atoms with van der Waals surface area (Å²) in [5, 5.41) is 3.09. The molecule has 0 fully saturated rings. The minimum Gasteiger partial charge on any atom is -0.455 e. The van der Waals surface area contributed by atoms with E-state index in [1.54, 1.807) is 11.3 Å². The highest BCUT2D eigenvalue weighted by Crippen LogP contribution is 2.42. The Morgan fingerprint density at radius 1 is 0.375 bits per heavy atom. The van der Waals surface area contributed by atoms with E-state index < -0.39 is 0 Å².